The van der Waals surface area contributed by atoms with Gasteiger partial charge in [0, 0.05) is 22.1 Å². The lowest BCUT2D eigenvalue weighted by molar-refractivity contribution is 0.102. The van der Waals surface area contributed by atoms with Crippen LogP contribution in [0.25, 0.3) is 0 Å². The Labute approximate surface area is 131 Å². The Morgan fingerprint density at radius 3 is 2.55 bits per heavy atom. The van der Waals surface area contributed by atoms with Crippen molar-refractivity contribution in [3.8, 4) is 0 Å². The number of hydrogen-bond donors (Lipinski definition) is 2. The number of carbonyl (C=O) groups is 1. The van der Waals surface area contributed by atoms with Gasteiger partial charge in [0.1, 0.15) is 16.4 Å². The molecule has 1 heterocycles. The summed E-state index contributed by atoms with van der Waals surface area (Å²) >= 11 is 0. The first kappa shape index (κ1) is 16.5. The van der Waals surface area contributed by atoms with Crippen LogP contribution in [0, 0.1) is 12.7 Å². The second-order valence-corrected chi connectivity index (χ2v) is 7.27. The molecule has 1 aromatic carbocycles. The molecule has 0 spiro atoms. The molecule has 118 valence electrons. The highest BCUT2D eigenvalue weighted by molar-refractivity contribution is 8.13. The Hall–Kier alpha value is -1.86. The average molecular weight is 345 g/mol. The van der Waals surface area contributed by atoms with Gasteiger partial charge in [-0.25, -0.2) is 12.8 Å². The SMILES string of the molecule is CCc1[nH]c(C(=O)Nc2ccc(F)c(C)c2)cc1S(=O)(=O)Cl. The average Bonchev–Trinajstić information content (AvgIpc) is 2.87. The van der Waals surface area contributed by atoms with Crippen molar-refractivity contribution < 1.29 is 17.6 Å². The van der Waals surface area contributed by atoms with Gasteiger partial charge in [0.25, 0.3) is 15.0 Å². The number of halogens is 2. The molecule has 0 radical (unpaired) electrons. The highest BCUT2D eigenvalue weighted by Gasteiger charge is 2.21. The van der Waals surface area contributed by atoms with E-state index in [0.29, 0.717) is 23.4 Å². The Bertz CT molecular complexity index is 831. The lowest BCUT2D eigenvalue weighted by atomic mass is 10.2. The maximum Gasteiger partial charge on any atom is 0.272 e. The summed E-state index contributed by atoms with van der Waals surface area (Å²) in [6.45, 7) is 3.31. The van der Waals surface area contributed by atoms with Crippen LogP contribution in [0.3, 0.4) is 0 Å². The fourth-order valence-corrected chi connectivity index (χ4v) is 3.16. The fourth-order valence-electron chi connectivity index (χ4n) is 2.00. The van der Waals surface area contributed by atoms with Crippen LogP contribution in [0.1, 0.15) is 28.7 Å². The molecule has 0 fully saturated rings. The van der Waals surface area contributed by atoms with Gasteiger partial charge in [0.05, 0.1) is 0 Å². The lowest BCUT2D eigenvalue weighted by Crippen LogP contribution is -2.12. The molecule has 0 saturated carbocycles. The highest BCUT2D eigenvalue weighted by Crippen LogP contribution is 2.22. The molecule has 8 heteroatoms. The molecule has 1 aromatic heterocycles. The molecule has 0 aliphatic carbocycles. The van der Waals surface area contributed by atoms with Gasteiger partial charge in [0.15, 0.2) is 0 Å². The minimum absolute atomic E-state index is 0.0676. The zero-order valence-electron chi connectivity index (χ0n) is 11.9. The molecule has 2 rings (SSSR count). The predicted molar refractivity (Wildman–Crippen MR) is 82.3 cm³/mol. The number of aromatic nitrogens is 1. The van der Waals surface area contributed by atoms with Crippen LogP contribution in [0.5, 0.6) is 0 Å². The summed E-state index contributed by atoms with van der Waals surface area (Å²) in [6.07, 6.45) is 0.379. The van der Waals surface area contributed by atoms with Gasteiger partial charge in [-0.3, -0.25) is 4.79 Å². The van der Waals surface area contributed by atoms with Gasteiger partial charge < -0.3 is 10.3 Å². The number of amides is 1. The van der Waals surface area contributed by atoms with Gasteiger partial charge in [0.2, 0.25) is 0 Å². The molecule has 0 bridgehead atoms. The molecule has 2 aromatic rings. The summed E-state index contributed by atoms with van der Waals surface area (Å²) in [5.74, 6) is -0.908. The van der Waals surface area contributed by atoms with Crippen molar-refractivity contribution >= 4 is 31.3 Å². The van der Waals surface area contributed by atoms with Crippen molar-refractivity contribution in [1.29, 1.82) is 0 Å². The van der Waals surface area contributed by atoms with Crippen molar-refractivity contribution in [3.05, 3.63) is 47.0 Å². The van der Waals surface area contributed by atoms with Crippen LogP contribution in [0.4, 0.5) is 10.1 Å². The fraction of sp³-hybridized carbons (Fsp3) is 0.214. The molecular formula is C14H14ClFN2O3S. The van der Waals surface area contributed by atoms with Gasteiger partial charge in [-0.05, 0) is 43.2 Å². The van der Waals surface area contributed by atoms with Crippen LogP contribution in [-0.4, -0.2) is 19.3 Å². The summed E-state index contributed by atoms with van der Waals surface area (Å²) in [4.78, 5) is 14.8. The molecule has 0 unspecified atom stereocenters. The zero-order valence-corrected chi connectivity index (χ0v) is 13.5. The summed E-state index contributed by atoms with van der Waals surface area (Å²) in [5.41, 5.74) is 1.22. The molecule has 1 amide bonds. The third-order valence-corrected chi connectivity index (χ3v) is 4.52. The van der Waals surface area contributed by atoms with Gasteiger partial charge in [-0.1, -0.05) is 6.92 Å². The Morgan fingerprint density at radius 1 is 1.36 bits per heavy atom. The number of hydrogen-bond acceptors (Lipinski definition) is 3. The van der Waals surface area contributed by atoms with Crippen LogP contribution >= 0.6 is 10.7 Å². The molecule has 0 saturated heterocycles. The summed E-state index contributed by atoms with van der Waals surface area (Å²) in [6, 6.07) is 5.33. The summed E-state index contributed by atoms with van der Waals surface area (Å²) in [7, 11) is 1.41. The molecule has 22 heavy (non-hydrogen) atoms. The van der Waals surface area contributed by atoms with E-state index in [1.54, 1.807) is 13.8 Å². The van der Waals surface area contributed by atoms with E-state index in [-0.39, 0.29) is 16.4 Å². The van der Waals surface area contributed by atoms with Crippen molar-refractivity contribution in [2.24, 2.45) is 0 Å². The van der Waals surface area contributed by atoms with Gasteiger partial charge in [-0.2, -0.15) is 0 Å². The van der Waals surface area contributed by atoms with Crippen LogP contribution in [0.15, 0.2) is 29.2 Å². The predicted octanol–water partition coefficient (Wildman–Crippen LogP) is 3.20. The van der Waals surface area contributed by atoms with Gasteiger partial charge >= 0.3 is 0 Å². The van der Waals surface area contributed by atoms with E-state index < -0.39 is 15.0 Å². The number of aromatic amines is 1. The quantitative estimate of drug-likeness (QED) is 0.836. The van der Waals surface area contributed by atoms with E-state index in [2.05, 4.69) is 10.3 Å². The number of carbonyl (C=O) groups excluding carboxylic acids is 1. The van der Waals surface area contributed by atoms with E-state index in [9.17, 15) is 17.6 Å². The van der Waals surface area contributed by atoms with Gasteiger partial charge in [-0.15, -0.1) is 0 Å². The number of anilines is 1. The van der Waals surface area contributed by atoms with Crippen LogP contribution in [-0.2, 0) is 15.5 Å². The normalized spacial score (nSPS) is 11.5. The molecule has 0 aliphatic heterocycles. The second kappa shape index (κ2) is 6.10. The van der Waals surface area contributed by atoms with E-state index in [4.69, 9.17) is 10.7 Å². The number of H-pyrrole nitrogens is 1. The smallest absolute Gasteiger partial charge is 0.272 e. The van der Waals surface area contributed by atoms with Crippen molar-refractivity contribution in [3.63, 3.8) is 0 Å². The lowest BCUT2D eigenvalue weighted by Gasteiger charge is -2.05. The van der Waals surface area contributed by atoms with Crippen molar-refractivity contribution in [1.82, 2.24) is 4.98 Å². The van der Waals surface area contributed by atoms with Crippen molar-refractivity contribution in [2.75, 3.05) is 5.32 Å². The molecule has 5 nitrogen and oxygen atoms in total. The Kier molecular flexibility index (Phi) is 4.58. The third-order valence-electron chi connectivity index (χ3n) is 3.14. The maximum absolute atomic E-state index is 13.2. The second-order valence-electron chi connectivity index (χ2n) is 4.74. The monoisotopic (exact) mass is 344 g/mol. The third kappa shape index (κ3) is 3.48. The Morgan fingerprint density at radius 2 is 2.05 bits per heavy atom. The number of nitrogens with one attached hydrogen (secondary N) is 2. The first-order valence-electron chi connectivity index (χ1n) is 6.46. The Balaban J connectivity index is 2.30. The molecule has 0 atom stereocenters. The first-order valence-corrected chi connectivity index (χ1v) is 8.77. The van der Waals surface area contributed by atoms with Crippen LogP contribution in [0.2, 0.25) is 0 Å². The first-order chi connectivity index (χ1) is 10.2. The zero-order chi connectivity index (χ0) is 16.5. The number of rotatable bonds is 4. The molecule has 0 aliphatic rings. The van der Waals surface area contributed by atoms with E-state index in [1.165, 1.54) is 24.3 Å². The number of benzene rings is 1. The van der Waals surface area contributed by atoms with E-state index in [0.717, 1.165) is 0 Å². The summed E-state index contributed by atoms with van der Waals surface area (Å²) < 4.78 is 36.1. The minimum Gasteiger partial charge on any atom is -0.353 e. The standard InChI is InChI=1S/C14H14ClFN2O3S/c1-3-11-13(22(15,20)21)7-12(18-11)14(19)17-9-4-5-10(16)8(2)6-9/h4-7,18H,3H2,1-2H3,(H,17,19). The maximum atomic E-state index is 13.2. The minimum atomic E-state index is -3.93. The summed E-state index contributed by atoms with van der Waals surface area (Å²) in [5, 5.41) is 2.57. The van der Waals surface area contributed by atoms with E-state index in [1.807, 2.05) is 0 Å². The van der Waals surface area contributed by atoms with Crippen molar-refractivity contribution in [2.45, 2.75) is 25.2 Å². The largest absolute Gasteiger partial charge is 0.353 e. The van der Waals surface area contributed by atoms with E-state index >= 15 is 0 Å². The highest BCUT2D eigenvalue weighted by atomic mass is 35.7. The topological polar surface area (TPSA) is 79.0 Å². The number of aryl methyl sites for hydroxylation is 2. The molecule has 2 N–H and O–H groups in total. The van der Waals surface area contributed by atoms with Crippen LogP contribution < -0.4 is 5.32 Å². The molecular weight excluding hydrogens is 331 g/mol.